The first-order valence-electron chi connectivity index (χ1n) is 7.50. The molecule has 2 aromatic carbocycles. The molecule has 3 nitrogen and oxygen atoms in total. The summed E-state index contributed by atoms with van der Waals surface area (Å²) in [4.78, 5) is 1.21. The average molecular weight is 351 g/mol. The van der Waals surface area contributed by atoms with Crippen molar-refractivity contribution in [3.8, 4) is 5.75 Å². The predicted octanol–water partition coefficient (Wildman–Crippen LogP) is 4.27. The fraction of sp³-hybridized carbons (Fsp3) is 0.333. The van der Waals surface area contributed by atoms with Crippen LogP contribution in [0.2, 0.25) is 0 Å². The Balaban J connectivity index is 1.83. The van der Waals surface area contributed by atoms with Gasteiger partial charge in [0.15, 0.2) is 9.84 Å². The van der Waals surface area contributed by atoms with Gasteiger partial charge in [-0.25, -0.2) is 8.42 Å². The summed E-state index contributed by atoms with van der Waals surface area (Å²) in [6, 6.07) is 13.2. The number of aryl methyl sites for hydroxylation is 2. The summed E-state index contributed by atoms with van der Waals surface area (Å²) >= 11 is 1.56. The van der Waals surface area contributed by atoms with Crippen LogP contribution in [0.4, 0.5) is 0 Å². The predicted molar refractivity (Wildman–Crippen MR) is 96.3 cm³/mol. The number of hydrogen-bond donors (Lipinski definition) is 0. The lowest BCUT2D eigenvalue weighted by molar-refractivity contribution is 0.318. The van der Waals surface area contributed by atoms with Crippen LogP contribution >= 0.6 is 11.8 Å². The normalized spacial score (nSPS) is 11.4. The SMILES string of the molecule is Cc1ccc(OCCCSc2ccccc2S(C)(=O)=O)cc1C. The molecule has 0 spiro atoms. The van der Waals surface area contributed by atoms with Gasteiger partial charge in [-0.3, -0.25) is 0 Å². The topological polar surface area (TPSA) is 43.4 Å². The van der Waals surface area contributed by atoms with Crippen LogP contribution in [0.3, 0.4) is 0 Å². The molecule has 0 fully saturated rings. The van der Waals surface area contributed by atoms with E-state index in [0.717, 1.165) is 22.8 Å². The number of thioether (sulfide) groups is 1. The second-order valence-electron chi connectivity index (χ2n) is 5.52. The fourth-order valence-corrected chi connectivity index (χ4v) is 4.37. The second-order valence-corrected chi connectivity index (χ2v) is 8.64. The van der Waals surface area contributed by atoms with Crippen molar-refractivity contribution in [3.63, 3.8) is 0 Å². The van der Waals surface area contributed by atoms with Crippen LogP contribution in [0.15, 0.2) is 52.3 Å². The molecule has 0 bridgehead atoms. The number of hydrogen-bond acceptors (Lipinski definition) is 4. The van der Waals surface area contributed by atoms with E-state index in [1.165, 1.54) is 17.4 Å². The van der Waals surface area contributed by atoms with Crippen molar-refractivity contribution in [2.45, 2.75) is 30.1 Å². The van der Waals surface area contributed by atoms with E-state index in [9.17, 15) is 8.42 Å². The lowest BCUT2D eigenvalue weighted by atomic mass is 10.1. The molecule has 0 aliphatic carbocycles. The smallest absolute Gasteiger partial charge is 0.176 e. The zero-order chi connectivity index (χ0) is 16.9. The van der Waals surface area contributed by atoms with Crippen molar-refractivity contribution >= 4 is 21.6 Å². The monoisotopic (exact) mass is 350 g/mol. The summed E-state index contributed by atoms with van der Waals surface area (Å²) in [6.45, 7) is 4.77. The molecule has 5 heteroatoms. The van der Waals surface area contributed by atoms with E-state index in [1.807, 2.05) is 24.3 Å². The fourth-order valence-electron chi connectivity index (χ4n) is 2.11. The lowest BCUT2D eigenvalue weighted by Gasteiger charge is -2.09. The van der Waals surface area contributed by atoms with Crippen LogP contribution in [0.25, 0.3) is 0 Å². The zero-order valence-corrected chi connectivity index (χ0v) is 15.3. The highest BCUT2D eigenvalue weighted by Gasteiger charge is 2.12. The number of ether oxygens (including phenoxy) is 1. The Kier molecular flexibility index (Phi) is 6.13. The van der Waals surface area contributed by atoms with Crippen LogP contribution in [0.5, 0.6) is 5.75 Å². The largest absolute Gasteiger partial charge is 0.494 e. The molecular formula is C18H22O3S2. The van der Waals surface area contributed by atoms with Crippen LogP contribution in [0, 0.1) is 13.8 Å². The van der Waals surface area contributed by atoms with Gasteiger partial charge in [-0.15, -0.1) is 11.8 Å². The Morgan fingerprint density at radius 1 is 1.04 bits per heavy atom. The first kappa shape index (κ1) is 17.9. The molecular weight excluding hydrogens is 328 g/mol. The molecule has 0 heterocycles. The highest BCUT2D eigenvalue weighted by atomic mass is 32.2. The molecule has 2 rings (SSSR count). The minimum Gasteiger partial charge on any atom is -0.494 e. The van der Waals surface area contributed by atoms with Gasteiger partial charge in [-0.05, 0) is 55.7 Å². The number of sulfone groups is 1. The summed E-state index contributed by atoms with van der Waals surface area (Å²) < 4.78 is 29.2. The Labute approximate surface area is 143 Å². The third kappa shape index (κ3) is 5.29. The maximum absolute atomic E-state index is 11.7. The molecule has 0 unspecified atom stereocenters. The van der Waals surface area contributed by atoms with Gasteiger partial charge in [0.05, 0.1) is 11.5 Å². The van der Waals surface area contributed by atoms with Crippen LogP contribution in [0.1, 0.15) is 17.5 Å². The van der Waals surface area contributed by atoms with Crippen molar-refractivity contribution in [3.05, 3.63) is 53.6 Å². The molecule has 0 aromatic heterocycles. The Bertz CT molecular complexity index is 768. The van der Waals surface area contributed by atoms with Crippen molar-refractivity contribution in [2.75, 3.05) is 18.6 Å². The first-order valence-corrected chi connectivity index (χ1v) is 10.4. The molecule has 124 valence electrons. The van der Waals surface area contributed by atoms with Crippen molar-refractivity contribution in [2.24, 2.45) is 0 Å². The highest BCUT2D eigenvalue weighted by Crippen LogP contribution is 2.27. The molecule has 23 heavy (non-hydrogen) atoms. The average Bonchev–Trinajstić information content (AvgIpc) is 2.50. The van der Waals surface area contributed by atoms with E-state index >= 15 is 0 Å². The second kappa shape index (κ2) is 7.88. The molecule has 0 radical (unpaired) electrons. The van der Waals surface area contributed by atoms with Crippen molar-refractivity contribution in [1.82, 2.24) is 0 Å². The van der Waals surface area contributed by atoms with E-state index in [2.05, 4.69) is 19.9 Å². The minimum atomic E-state index is -3.18. The highest BCUT2D eigenvalue weighted by molar-refractivity contribution is 8.00. The van der Waals surface area contributed by atoms with E-state index in [1.54, 1.807) is 23.9 Å². The van der Waals surface area contributed by atoms with Gasteiger partial charge in [0.1, 0.15) is 5.75 Å². The summed E-state index contributed by atoms with van der Waals surface area (Å²) in [5.41, 5.74) is 2.48. The molecule has 0 saturated heterocycles. The van der Waals surface area contributed by atoms with E-state index in [0.29, 0.717) is 11.5 Å². The van der Waals surface area contributed by atoms with Gasteiger partial charge in [-0.1, -0.05) is 18.2 Å². The summed E-state index contributed by atoms with van der Waals surface area (Å²) in [7, 11) is -3.18. The van der Waals surface area contributed by atoms with Crippen LogP contribution < -0.4 is 4.74 Å². The Morgan fingerprint density at radius 3 is 2.48 bits per heavy atom. The molecule has 0 saturated carbocycles. The molecule has 0 amide bonds. The van der Waals surface area contributed by atoms with Gasteiger partial charge in [-0.2, -0.15) is 0 Å². The number of rotatable bonds is 7. The van der Waals surface area contributed by atoms with Gasteiger partial charge in [0.2, 0.25) is 0 Å². The summed E-state index contributed by atoms with van der Waals surface area (Å²) in [5, 5.41) is 0. The summed E-state index contributed by atoms with van der Waals surface area (Å²) in [6.07, 6.45) is 2.10. The molecule has 0 aliphatic heterocycles. The standard InChI is InChI=1S/C18H22O3S2/c1-14-9-10-16(13-15(14)2)21-11-6-12-22-17-7-4-5-8-18(17)23(3,19)20/h4-5,7-10,13H,6,11-12H2,1-3H3. The maximum Gasteiger partial charge on any atom is 0.176 e. The van der Waals surface area contributed by atoms with Gasteiger partial charge in [0.25, 0.3) is 0 Å². The quantitative estimate of drug-likeness (QED) is 0.552. The Morgan fingerprint density at radius 2 is 1.78 bits per heavy atom. The van der Waals surface area contributed by atoms with Crippen LogP contribution in [-0.4, -0.2) is 27.0 Å². The van der Waals surface area contributed by atoms with Gasteiger partial charge >= 0.3 is 0 Å². The number of benzene rings is 2. The van der Waals surface area contributed by atoms with Crippen LogP contribution in [-0.2, 0) is 9.84 Å². The van der Waals surface area contributed by atoms with Crippen molar-refractivity contribution in [1.29, 1.82) is 0 Å². The maximum atomic E-state index is 11.7. The van der Waals surface area contributed by atoms with Gasteiger partial charge in [0, 0.05) is 16.9 Å². The lowest BCUT2D eigenvalue weighted by Crippen LogP contribution is -2.01. The van der Waals surface area contributed by atoms with Crippen molar-refractivity contribution < 1.29 is 13.2 Å². The molecule has 0 atom stereocenters. The minimum absolute atomic E-state index is 0.403. The molecule has 0 aliphatic rings. The zero-order valence-electron chi connectivity index (χ0n) is 13.7. The Hall–Kier alpha value is -1.46. The molecule has 2 aromatic rings. The third-order valence-electron chi connectivity index (χ3n) is 3.54. The van der Waals surface area contributed by atoms with Gasteiger partial charge < -0.3 is 4.74 Å². The summed E-state index contributed by atoms with van der Waals surface area (Å²) in [5.74, 6) is 1.70. The third-order valence-corrected chi connectivity index (χ3v) is 5.99. The molecule has 0 N–H and O–H groups in total. The van der Waals surface area contributed by atoms with E-state index in [-0.39, 0.29) is 0 Å². The van der Waals surface area contributed by atoms with E-state index in [4.69, 9.17) is 4.74 Å². The first-order chi connectivity index (χ1) is 10.9. The van der Waals surface area contributed by atoms with E-state index < -0.39 is 9.84 Å².